The number of likely N-dealkylation sites (N-methyl/N-ethyl adjacent to an activating group) is 2. The standard InChI is InChI=1S/C16H26N2O2/c1-5-18(6-2)13-16(19)17(4)11-12-20-15-9-7-14(3)8-10-15/h7-10H,5-6,11-13H2,1-4H3. The van der Waals surface area contributed by atoms with E-state index in [0.29, 0.717) is 19.7 Å². The number of ether oxygens (including phenoxy) is 1. The van der Waals surface area contributed by atoms with Crippen molar-refractivity contribution in [3.8, 4) is 5.75 Å². The molecular formula is C16H26N2O2. The number of carbonyl (C=O) groups excluding carboxylic acids is 1. The first kappa shape index (κ1) is 16.5. The van der Waals surface area contributed by atoms with Crippen LogP contribution >= 0.6 is 0 Å². The summed E-state index contributed by atoms with van der Waals surface area (Å²) in [5.74, 6) is 0.987. The van der Waals surface area contributed by atoms with Gasteiger partial charge in [-0.15, -0.1) is 0 Å². The van der Waals surface area contributed by atoms with E-state index in [-0.39, 0.29) is 5.91 Å². The van der Waals surface area contributed by atoms with Crippen LogP contribution in [-0.4, -0.2) is 55.5 Å². The number of aryl methyl sites for hydroxylation is 1. The summed E-state index contributed by atoms with van der Waals surface area (Å²) in [4.78, 5) is 15.8. The molecule has 0 aliphatic rings. The van der Waals surface area contributed by atoms with Crippen molar-refractivity contribution in [1.29, 1.82) is 0 Å². The molecular weight excluding hydrogens is 252 g/mol. The minimum absolute atomic E-state index is 0.140. The highest BCUT2D eigenvalue weighted by Gasteiger charge is 2.11. The SMILES string of the molecule is CCN(CC)CC(=O)N(C)CCOc1ccc(C)cc1. The van der Waals surface area contributed by atoms with Gasteiger partial charge >= 0.3 is 0 Å². The van der Waals surface area contributed by atoms with E-state index in [4.69, 9.17) is 4.74 Å². The van der Waals surface area contributed by atoms with Crippen molar-refractivity contribution in [3.05, 3.63) is 29.8 Å². The van der Waals surface area contributed by atoms with Crippen LogP contribution in [0, 0.1) is 6.92 Å². The van der Waals surface area contributed by atoms with Gasteiger partial charge in [0, 0.05) is 7.05 Å². The van der Waals surface area contributed by atoms with E-state index < -0.39 is 0 Å². The molecule has 0 saturated carbocycles. The van der Waals surface area contributed by atoms with Crippen LogP contribution in [0.3, 0.4) is 0 Å². The molecule has 20 heavy (non-hydrogen) atoms. The van der Waals surface area contributed by atoms with Gasteiger partial charge in [-0.05, 0) is 32.1 Å². The summed E-state index contributed by atoms with van der Waals surface area (Å²) < 4.78 is 5.63. The Kier molecular flexibility index (Phi) is 7.09. The molecule has 0 heterocycles. The van der Waals surface area contributed by atoms with Crippen LogP contribution in [-0.2, 0) is 4.79 Å². The van der Waals surface area contributed by atoms with Crippen LogP contribution in [0.4, 0.5) is 0 Å². The van der Waals surface area contributed by atoms with Crippen LogP contribution in [0.15, 0.2) is 24.3 Å². The fourth-order valence-electron chi connectivity index (χ4n) is 1.82. The maximum atomic E-state index is 12.0. The number of nitrogens with zero attached hydrogens (tertiary/aromatic N) is 2. The quantitative estimate of drug-likeness (QED) is 0.730. The number of amides is 1. The van der Waals surface area contributed by atoms with Crippen LogP contribution in [0.5, 0.6) is 5.75 Å². The fourth-order valence-corrected chi connectivity index (χ4v) is 1.82. The van der Waals surface area contributed by atoms with E-state index in [9.17, 15) is 4.79 Å². The highest BCUT2D eigenvalue weighted by Crippen LogP contribution is 2.11. The molecule has 4 nitrogen and oxygen atoms in total. The molecule has 0 radical (unpaired) electrons. The van der Waals surface area contributed by atoms with Gasteiger partial charge in [0.25, 0.3) is 0 Å². The third kappa shape index (κ3) is 5.61. The fraction of sp³-hybridized carbons (Fsp3) is 0.562. The van der Waals surface area contributed by atoms with Gasteiger partial charge in [0.1, 0.15) is 12.4 Å². The third-order valence-electron chi connectivity index (χ3n) is 3.40. The van der Waals surface area contributed by atoms with Crippen molar-refractivity contribution in [3.63, 3.8) is 0 Å². The molecule has 0 fully saturated rings. The van der Waals surface area contributed by atoms with Crippen molar-refractivity contribution in [2.75, 3.05) is 39.8 Å². The van der Waals surface area contributed by atoms with Gasteiger partial charge in [-0.2, -0.15) is 0 Å². The topological polar surface area (TPSA) is 32.8 Å². The van der Waals surface area contributed by atoms with E-state index in [1.807, 2.05) is 38.2 Å². The second-order valence-electron chi connectivity index (χ2n) is 4.94. The summed E-state index contributed by atoms with van der Waals surface area (Å²) in [6, 6.07) is 7.94. The van der Waals surface area contributed by atoms with Gasteiger partial charge in [0.05, 0.1) is 13.1 Å². The largest absolute Gasteiger partial charge is 0.492 e. The number of carbonyl (C=O) groups is 1. The van der Waals surface area contributed by atoms with E-state index in [2.05, 4.69) is 18.7 Å². The molecule has 112 valence electrons. The number of hydrogen-bond donors (Lipinski definition) is 0. The van der Waals surface area contributed by atoms with E-state index in [1.54, 1.807) is 4.90 Å². The molecule has 0 aromatic heterocycles. The van der Waals surface area contributed by atoms with E-state index in [1.165, 1.54) is 5.56 Å². The molecule has 4 heteroatoms. The summed E-state index contributed by atoms with van der Waals surface area (Å²) in [7, 11) is 1.82. The minimum atomic E-state index is 0.140. The van der Waals surface area contributed by atoms with Crippen molar-refractivity contribution in [1.82, 2.24) is 9.80 Å². The normalized spacial score (nSPS) is 10.7. The molecule has 1 aromatic carbocycles. The summed E-state index contributed by atoms with van der Waals surface area (Å²) >= 11 is 0. The molecule has 0 atom stereocenters. The summed E-state index contributed by atoms with van der Waals surface area (Å²) in [6.07, 6.45) is 0. The number of benzene rings is 1. The molecule has 0 aliphatic heterocycles. The predicted molar refractivity (Wildman–Crippen MR) is 82.1 cm³/mol. The molecule has 1 amide bonds. The van der Waals surface area contributed by atoms with Crippen LogP contribution < -0.4 is 4.74 Å². The van der Waals surface area contributed by atoms with Gasteiger partial charge < -0.3 is 9.64 Å². The maximum Gasteiger partial charge on any atom is 0.236 e. The highest BCUT2D eigenvalue weighted by molar-refractivity contribution is 5.77. The zero-order chi connectivity index (χ0) is 15.0. The van der Waals surface area contributed by atoms with Gasteiger partial charge in [-0.1, -0.05) is 31.5 Å². The van der Waals surface area contributed by atoms with Gasteiger partial charge in [0.15, 0.2) is 0 Å². The molecule has 0 N–H and O–H groups in total. The molecule has 0 aliphatic carbocycles. The molecule has 1 aromatic rings. The average molecular weight is 278 g/mol. The molecule has 0 unspecified atom stereocenters. The smallest absolute Gasteiger partial charge is 0.236 e. The van der Waals surface area contributed by atoms with Crippen molar-refractivity contribution in [2.45, 2.75) is 20.8 Å². The summed E-state index contributed by atoms with van der Waals surface area (Å²) in [5.41, 5.74) is 1.21. The van der Waals surface area contributed by atoms with Crippen LogP contribution in [0.2, 0.25) is 0 Å². The molecule has 0 spiro atoms. The third-order valence-corrected chi connectivity index (χ3v) is 3.40. The number of rotatable bonds is 8. The van der Waals surface area contributed by atoms with Crippen molar-refractivity contribution in [2.24, 2.45) is 0 Å². The first-order chi connectivity index (χ1) is 9.56. The monoisotopic (exact) mass is 278 g/mol. The van der Waals surface area contributed by atoms with Crippen molar-refractivity contribution >= 4 is 5.91 Å². The zero-order valence-corrected chi connectivity index (χ0v) is 13.1. The Balaban J connectivity index is 2.30. The van der Waals surface area contributed by atoms with E-state index >= 15 is 0 Å². The maximum absolute atomic E-state index is 12.0. The Hall–Kier alpha value is -1.55. The summed E-state index contributed by atoms with van der Waals surface area (Å²) in [6.45, 7) is 9.58. The molecule has 0 saturated heterocycles. The van der Waals surface area contributed by atoms with Crippen LogP contribution in [0.25, 0.3) is 0 Å². The first-order valence-electron chi connectivity index (χ1n) is 7.22. The summed E-state index contributed by atoms with van der Waals surface area (Å²) in [5, 5.41) is 0. The zero-order valence-electron chi connectivity index (χ0n) is 13.1. The van der Waals surface area contributed by atoms with Gasteiger partial charge in [-0.25, -0.2) is 0 Å². The predicted octanol–water partition coefficient (Wildman–Crippen LogP) is 2.17. The molecule has 0 bridgehead atoms. The molecule has 1 rings (SSSR count). The average Bonchev–Trinajstić information content (AvgIpc) is 2.46. The Morgan fingerprint density at radius 2 is 1.75 bits per heavy atom. The lowest BCUT2D eigenvalue weighted by atomic mass is 10.2. The van der Waals surface area contributed by atoms with Gasteiger partial charge in [0.2, 0.25) is 5.91 Å². The van der Waals surface area contributed by atoms with E-state index in [0.717, 1.165) is 18.8 Å². The Bertz CT molecular complexity index is 399. The Morgan fingerprint density at radius 3 is 2.30 bits per heavy atom. The lowest BCUT2D eigenvalue weighted by molar-refractivity contribution is -0.131. The van der Waals surface area contributed by atoms with Crippen LogP contribution in [0.1, 0.15) is 19.4 Å². The number of hydrogen-bond acceptors (Lipinski definition) is 3. The lowest BCUT2D eigenvalue weighted by Gasteiger charge is -2.22. The first-order valence-corrected chi connectivity index (χ1v) is 7.22. The van der Waals surface area contributed by atoms with Gasteiger partial charge in [-0.3, -0.25) is 9.69 Å². The second kappa shape index (κ2) is 8.59. The Labute approximate surface area is 122 Å². The lowest BCUT2D eigenvalue weighted by Crippen LogP contribution is -2.39. The Morgan fingerprint density at radius 1 is 1.15 bits per heavy atom. The minimum Gasteiger partial charge on any atom is -0.492 e. The van der Waals surface area contributed by atoms with Crippen molar-refractivity contribution < 1.29 is 9.53 Å². The second-order valence-corrected chi connectivity index (χ2v) is 4.94. The highest BCUT2D eigenvalue weighted by atomic mass is 16.5.